The van der Waals surface area contributed by atoms with Gasteiger partial charge in [0.1, 0.15) is 12.2 Å². The molecule has 0 bridgehead atoms. The van der Waals surface area contributed by atoms with Gasteiger partial charge in [0.25, 0.3) is 0 Å². The fourth-order valence-corrected chi connectivity index (χ4v) is 1.41. The van der Waals surface area contributed by atoms with Gasteiger partial charge in [0, 0.05) is 21.3 Å². The van der Waals surface area contributed by atoms with Crippen molar-refractivity contribution in [2.45, 2.75) is 38.3 Å². The van der Waals surface area contributed by atoms with Gasteiger partial charge in [0.05, 0.1) is 0 Å². The first-order valence-corrected chi connectivity index (χ1v) is 4.40. The number of hydrogen-bond donors (Lipinski definition) is 1. The molecule has 0 aliphatic rings. The minimum Gasteiger partial charge on any atom is -0.387 e. The summed E-state index contributed by atoms with van der Waals surface area (Å²) in [5.41, 5.74) is 0. The van der Waals surface area contributed by atoms with Gasteiger partial charge in [0.15, 0.2) is 0 Å². The molecule has 80 valence electrons. The second-order valence-corrected chi connectivity index (χ2v) is 2.93. The molecule has 13 heavy (non-hydrogen) atoms. The van der Waals surface area contributed by atoms with Crippen LogP contribution in [0.2, 0.25) is 0 Å². The molecule has 0 aliphatic heterocycles. The van der Waals surface area contributed by atoms with E-state index in [0.717, 1.165) is 0 Å². The first-order chi connectivity index (χ1) is 6.08. The van der Waals surface area contributed by atoms with Gasteiger partial charge in [-0.1, -0.05) is 6.92 Å². The predicted octanol–water partition coefficient (Wildman–Crippen LogP) is 0.781. The van der Waals surface area contributed by atoms with Crippen LogP contribution in [0.4, 0.5) is 0 Å². The molecule has 0 aromatic carbocycles. The van der Waals surface area contributed by atoms with Crippen molar-refractivity contribution in [3.05, 3.63) is 0 Å². The van der Waals surface area contributed by atoms with Crippen LogP contribution in [0.1, 0.15) is 20.3 Å². The molecular weight excluding hydrogens is 172 g/mol. The molecule has 0 saturated carbocycles. The van der Waals surface area contributed by atoms with E-state index in [-0.39, 0.29) is 6.10 Å². The second kappa shape index (κ2) is 5.54. The maximum atomic E-state index is 9.74. The van der Waals surface area contributed by atoms with Crippen LogP contribution in [0.15, 0.2) is 0 Å². The van der Waals surface area contributed by atoms with Gasteiger partial charge >= 0.3 is 0 Å². The topological polar surface area (TPSA) is 47.9 Å². The lowest BCUT2D eigenvalue weighted by molar-refractivity contribution is -0.303. The minimum absolute atomic E-state index is 0.322. The quantitative estimate of drug-likeness (QED) is 0.632. The highest BCUT2D eigenvalue weighted by Gasteiger charge is 2.43. The molecule has 1 N–H and O–H groups in total. The minimum atomic E-state index is -1.07. The Morgan fingerprint density at radius 3 is 1.92 bits per heavy atom. The van der Waals surface area contributed by atoms with Crippen molar-refractivity contribution in [1.82, 2.24) is 0 Å². The Hall–Kier alpha value is -0.160. The van der Waals surface area contributed by atoms with Crippen LogP contribution in [0.25, 0.3) is 0 Å². The third kappa shape index (κ3) is 2.40. The van der Waals surface area contributed by atoms with Crippen molar-refractivity contribution in [1.29, 1.82) is 0 Å². The first-order valence-electron chi connectivity index (χ1n) is 4.40. The zero-order valence-corrected chi connectivity index (χ0v) is 9.03. The van der Waals surface area contributed by atoms with Crippen LogP contribution in [0, 0.1) is 0 Å². The summed E-state index contributed by atoms with van der Waals surface area (Å²) >= 11 is 0. The Balaban J connectivity index is 4.67. The molecular formula is C9H20O4. The monoisotopic (exact) mass is 192 g/mol. The highest BCUT2D eigenvalue weighted by molar-refractivity contribution is 4.84. The summed E-state index contributed by atoms with van der Waals surface area (Å²) < 4.78 is 15.5. The van der Waals surface area contributed by atoms with E-state index in [4.69, 9.17) is 14.2 Å². The summed E-state index contributed by atoms with van der Waals surface area (Å²) in [6, 6.07) is 0. The van der Waals surface area contributed by atoms with Gasteiger partial charge in [-0.2, -0.15) is 0 Å². The molecule has 0 rings (SSSR count). The Labute approximate surface area is 79.8 Å². The Morgan fingerprint density at radius 1 is 1.23 bits per heavy atom. The van der Waals surface area contributed by atoms with Crippen molar-refractivity contribution in [3.63, 3.8) is 0 Å². The maximum Gasteiger partial charge on any atom is 0.220 e. The van der Waals surface area contributed by atoms with Gasteiger partial charge in [-0.05, 0) is 13.3 Å². The molecule has 0 aliphatic carbocycles. The molecule has 0 heterocycles. The van der Waals surface area contributed by atoms with Crippen molar-refractivity contribution in [2.24, 2.45) is 0 Å². The van der Waals surface area contributed by atoms with Gasteiger partial charge in [0.2, 0.25) is 5.79 Å². The Morgan fingerprint density at radius 2 is 1.69 bits per heavy atom. The highest BCUT2D eigenvalue weighted by atomic mass is 16.7. The van der Waals surface area contributed by atoms with Gasteiger partial charge < -0.3 is 19.3 Å². The number of ether oxygens (including phenoxy) is 3. The van der Waals surface area contributed by atoms with Gasteiger partial charge in [-0.25, -0.2) is 0 Å². The first kappa shape index (κ1) is 12.8. The van der Waals surface area contributed by atoms with E-state index < -0.39 is 11.9 Å². The summed E-state index contributed by atoms with van der Waals surface area (Å²) in [5, 5.41) is 9.74. The van der Waals surface area contributed by atoms with E-state index in [2.05, 4.69) is 0 Å². The molecule has 0 radical (unpaired) electrons. The largest absolute Gasteiger partial charge is 0.387 e. The van der Waals surface area contributed by atoms with Crippen molar-refractivity contribution in [3.8, 4) is 0 Å². The number of methoxy groups -OCH3 is 3. The Kier molecular flexibility index (Phi) is 5.48. The number of rotatable bonds is 6. The molecule has 0 amide bonds. The predicted molar refractivity (Wildman–Crippen MR) is 49.5 cm³/mol. The molecule has 2 unspecified atom stereocenters. The molecule has 0 spiro atoms. The molecule has 4 heteroatoms. The van der Waals surface area contributed by atoms with Crippen LogP contribution >= 0.6 is 0 Å². The summed E-state index contributed by atoms with van der Waals surface area (Å²) in [4.78, 5) is 0. The standard InChI is InChI=1S/C9H20O4/c1-6-8(10)9(12-4,13-5)7(2)11-3/h7-8,10H,6H2,1-5H3. The third-order valence-corrected chi connectivity index (χ3v) is 2.41. The van der Waals surface area contributed by atoms with E-state index in [1.807, 2.05) is 6.92 Å². The fourth-order valence-electron chi connectivity index (χ4n) is 1.41. The fraction of sp³-hybridized carbons (Fsp3) is 1.00. The zero-order chi connectivity index (χ0) is 10.5. The molecule has 0 saturated heterocycles. The highest BCUT2D eigenvalue weighted by Crippen LogP contribution is 2.25. The van der Waals surface area contributed by atoms with Crippen LogP contribution in [0.3, 0.4) is 0 Å². The maximum absolute atomic E-state index is 9.74. The van der Waals surface area contributed by atoms with Crippen molar-refractivity contribution < 1.29 is 19.3 Å². The second-order valence-electron chi connectivity index (χ2n) is 2.93. The van der Waals surface area contributed by atoms with Crippen LogP contribution in [-0.4, -0.2) is 44.4 Å². The van der Waals surface area contributed by atoms with Gasteiger partial charge in [-0.15, -0.1) is 0 Å². The summed E-state index contributed by atoms with van der Waals surface area (Å²) in [5.74, 6) is -1.07. The lowest BCUT2D eigenvalue weighted by Gasteiger charge is -2.38. The zero-order valence-electron chi connectivity index (χ0n) is 9.03. The van der Waals surface area contributed by atoms with E-state index in [1.165, 1.54) is 14.2 Å². The average molecular weight is 192 g/mol. The molecule has 2 atom stereocenters. The normalized spacial score (nSPS) is 17.1. The summed E-state index contributed by atoms with van der Waals surface area (Å²) in [7, 11) is 4.55. The smallest absolute Gasteiger partial charge is 0.220 e. The summed E-state index contributed by atoms with van der Waals surface area (Å²) in [6.07, 6.45) is -0.468. The van der Waals surface area contributed by atoms with E-state index in [1.54, 1.807) is 14.0 Å². The van der Waals surface area contributed by atoms with Gasteiger partial charge in [-0.3, -0.25) is 0 Å². The molecule has 0 aromatic rings. The lowest BCUT2D eigenvalue weighted by atomic mass is 10.0. The van der Waals surface area contributed by atoms with Crippen LogP contribution < -0.4 is 0 Å². The van der Waals surface area contributed by atoms with E-state index in [9.17, 15) is 5.11 Å². The summed E-state index contributed by atoms with van der Waals surface area (Å²) in [6.45, 7) is 3.66. The SMILES string of the molecule is CCC(O)C(OC)(OC)C(C)OC. The number of aliphatic hydroxyl groups is 1. The third-order valence-electron chi connectivity index (χ3n) is 2.41. The molecule has 0 fully saturated rings. The molecule has 4 nitrogen and oxygen atoms in total. The average Bonchev–Trinajstić information content (AvgIpc) is 2.19. The van der Waals surface area contributed by atoms with E-state index in [0.29, 0.717) is 6.42 Å². The van der Waals surface area contributed by atoms with Crippen LogP contribution in [-0.2, 0) is 14.2 Å². The van der Waals surface area contributed by atoms with Crippen LogP contribution in [0.5, 0.6) is 0 Å². The van der Waals surface area contributed by atoms with Crippen molar-refractivity contribution >= 4 is 0 Å². The molecule has 0 aromatic heterocycles. The lowest BCUT2D eigenvalue weighted by Crippen LogP contribution is -2.54. The van der Waals surface area contributed by atoms with Crippen molar-refractivity contribution in [2.75, 3.05) is 21.3 Å². The number of aliphatic hydroxyl groups excluding tert-OH is 1. The Bertz CT molecular complexity index is 122. The number of hydrogen-bond acceptors (Lipinski definition) is 4. The van der Waals surface area contributed by atoms with E-state index >= 15 is 0 Å².